The summed E-state index contributed by atoms with van der Waals surface area (Å²) in [6.07, 6.45) is -5.99. The number of hydrogen-bond acceptors (Lipinski definition) is 6. The summed E-state index contributed by atoms with van der Waals surface area (Å²) in [6, 6.07) is 39.6. The third-order valence-corrected chi connectivity index (χ3v) is 8.00. The first-order valence-electron chi connectivity index (χ1n) is 15.7. The fraction of sp³-hybridized carbons (Fsp3) is 0.158. The van der Waals surface area contributed by atoms with E-state index in [1.807, 2.05) is 0 Å². The van der Waals surface area contributed by atoms with Crippen molar-refractivity contribution < 1.29 is 55.3 Å². The van der Waals surface area contributed by atoms with E-state index in [1.165, 1.54) is 44.1 Å². The Balaban J connectivity index is 0.000000318. The fourth-order valence-electron chi connectivity index (χ4n) is 5.54. The van der Waals surface area contributed by atoms with Gasteiger partial charge in [-0.25, -0.2) is 0 Å². The molecular formula is C38H30F6N4O4. The molecule has 0 atom stereocenters. The molecule has 0 spiro atoms. The van der Waals surface area contributed by atoms with Gasteiger partial charge in [-0.05, 0) is 23.3 Å². The van der Waals surface area contributed by atoms with Crippen molar-refractivity contribution in [3.05, 3.63) is 144 Å². The van der Waals surface area contributed by atoms with Crippen LogP contribution in [0, 0.1) is 0 Å². The molecule has 2 aliphatic heterocycles. The van der Waals surface area contributed by atoms with Crippen LogP contribution in [0.5, 0.6) is 0 Å². The van der Waals surface area contributed by atoms with Gasteiger partial charge < -0.3 is 30.4 Å². The summed E-state index contributed by atoms with van der Waals surface area (Å²) in [7, 11) is 0. The van der Waals surface area contributed by atoms with Crippen molar-refractivity contribution in [3.8, 4) is 0 Å². The van der Waals surface area contributed by atoms with Crippen LogP contribution in [0.1, 0.15) is 22.3 Å². The number of aromatic nitrogens is 2. The molecule has 2 aromatic heterocycles. The number of carboxylic acid groups (broad SMARTS) is 2. The Hall–Kier alpha value is -6.18. The predicted octanol–water partition coefficient (Wildman–Crippen LogP) is 4.80. The predicted molar refractivity (Wildman–Crippen MR) is 176 cm³/mol. The standard InChI is InChI=1S/C34H28N4.2C2HF3O2/c1-3-10-33-29(8-1)31-16-18-37(33)23-25-12-14-26(15-13-25)24-38-19-17-32(30-9-2-4-11-34(30)38)36-22-28-7-5-6-27(20-28)21-35-31;2*3-2(4,5)1(6)7/h1-20H,21-24H2;2*(H,6,7). The molecule has 8 rings (SSSR count). The second-order valence-electron chi connectivity index (χ2n) is 11.7. The van der Waals surface area contributed by atoms with Gasteiger partial charge in [0.25, 0.3) is 0 Å². The van der Waals surface area contributed by atoms with E-state index in [0.29, 0.717) is 0 Å². The Morgan fingerprint density at radius 3 is 1.25 bits per heavy atom. The van der Waals surface area contributed by atoms with Gasteiger partial charge in [0.1, 0.15) is 11.9 Å². The number of fused-ring (bicyclic) bond motifs is 6. The van der Waals surface area contributed by atoms with Crippen molar-refractivity contribution >= 4 is 45.1 Å². The first-order chi connectivity index (χ1) is 24.7. The summed E-state index contributed by atoms with van der Waals surface area (Å²) in [5.74, 6) is -6.01. The molecule has 4 aromatic carbocycles. The quantitative estimate of drug-likeness (QED) is 0.172. The number of nitrogens with zero attached hydrogens (tertiary/aromatic N) is 2. The largest absolute Gasteiger partial charge is 0.542 e. The Bertz CT molecular complexity index is 2050. The van der Waals surface area contributed by atoms with Crippen molar-refractivity contribution in [3.63, 3.8) is 0 Å². The lowest BCUT2D eigenvalue weighted by atomic mass is 10.1. The third-order valence-electron chi connectivity index (χ3n) is 8.00. The summed E-state index contributed by atoms with van der Waals surface area (Å²) in [5.41, 5.74) is 9.90. The first-order valence-corrected chi connectivity index (χ1v) is 15.7. The maximum Gasteiger partial charge on any atom is 0.430 e. The summed E-state index contributed by atoms with van der Waals surface area (Å²) in [5, 5.41) is 27.4. The van der Waals surface area contributed by atoms with Gasteiger partial charge in [-0.2, -0.15) is 35.5 Å². The lowest BCUT2D eigenvalue weighted by Crippen LogP contribution is -2.37. The number of carboxylic acids is 2. The van der Waals surface area contributed by atoms with Gasteiger partial charge in [-0.15, -0.1) is 0 Å². The average molecular weight is 721 g/mol. The number of hydrogen-bond donors (Lipinski definition) is 2. The summed E-state index contributed by atoms with van der Waals surface area (Å²) < 4.78 is 67.8. The van der Waals surface area contributed by atoms with Gasteiger partial charge in [0, 0.05) is 48.5 Å². The minimum absolute atomic E-state index is 0.775. The topological polar surface area (TPSA) is 112 Å². The van der Waals surface area contributed by atoms with Gasteiger partial charge in [0.15, 0.2) is 25.5 Å². The zero-order chi connectivity index (χ0) is 37.5. The van der Waals surface area contributed by atoms with Gasteiger partial charge in [0.05, 0.1) is 22.1 Å². The molecule has 0 saturated heterocycles. The van der Waals surface area contributed by atoms with Gasteiger partial charge in [-0.3, -0.25) is 0 Å². The highest BCUT2D eigenvalue weighted by Gasteiger charge is 2.29. The normalized spacial score (nSPS) is 12.7. The van der Waals surface area contributed by atoms with Crippen LogP contribution >= 0.6 is 0 Å². The van der Waals surface area contributed by atoms with E-state index in [9.17, 15) is 26.3 Å². The number of anilines is 2. The lowest BCUT2D eigenvalue weighted by Gasteiger charge is -2.12. The van der Waals surface area contributed by atoms with E-state index in [0.717, 1.165) is 37.6 Å². The highest BCUT2D eigenvalue weighted by Crippen LogP contribution is 2.24. The molecule has 268 valence electrons. The number of halogens is 6. The number of benzene rings is 4. The molecule has 0 amide bonds. The molecule has 8 bridgehead atoms. The van der Waals surface area contributed by atoms with Crippen LogP contribution in [0.4, 0.5) is 37.7 Å². The van der Waals surface area contributed by atoms with Crippen LogP contribution in [-0.4, -0.2) is 24.3 Å². The maximum absolute atomic E-state index is 10.5. The molecule has 8 nitrogen and oxygen atoms in total. The Labute approximate surface area is 293 Å². The zero-order valence-corrected chi connectivity index (χ0v) is 27.2. The van der Waals surface area contributed by atoms with Crippen LogP contribution in [0.25, 0.3) is 21.8 Å². The van der Waals surface area contributed by atoms with Crippen LogP contribution < -0.4 is 30.0 Å². The number of rotatable bonds is 0. The van der Waals surface area contributed by atoms with E-state index in [1.54, 1.807) is 0 Å². The van der Waals surface area contributed by atoms with Crippen LogP contribution in [0.2, 0.25) is 0 Å². The Kier molecular flexibility index (Phi) is 11.3. The number of carbonyl (C=O) groups excluding carboxylic acids is 2. The molecule has 2 N–H and O–H groups in total. The third kappa shape index (κ3) is 9.53. The molecule has 0 radical (unpaired) electrons. The number of carbonyl (C=O) groups is 2. The van der Waals surface area contributed by atoms with Gasteiger partial charge in [0.2, 0.25) is 11.0 Å². The molecule has 6 aromatic rings. The van der Waals surface area contributed by atoms with Crippen molar-refractivity contribution in [2.45, 2.75) is 38.5 Å². The Morgan fingerprint density at radius 2 is 0.885 bits per heavy atom. The molecule has 2 aliphatic rings. The molecule has 14 heteroatoms. The summed E-state index contributed by atoms with van der Waals surface area (Å²) in [6.45, 7) is 3.22. The summed E-state index contributed by atoms with van der Waals surface area (Å²) in [4.78, 5) is 17.6. The van der Waals surface area contributed by atoms with E-state index in [2.05, 4.69) is 141 Å². The van der Waals surface area contributed by atoms with E-state index >= 15 is 0 Å². The molecule has 52 heavy (non-hydrogen) atoms. The lowest BCUT2D eigenvalue weighted by molar-refractivity contribution is -0.662. The monoisotopic (exact) mass is 720 g/mol. The first kappa shape index (κ1) is 37.1. The molecular weight excluding hydrogens is 690 g/mol. The Morgan fingerprint density at radius 1 is 0.519 bits per heavy atom. The van der Waals surface area contributed by atoms with Crippen molar-refractivity contribution in [1.82, 2.24) is 0 Å². The molecule has 0 aliphatic carbocycles. The van der Waals surface area contributed by atoms with Crippen molar-refractivity contribution in [1.29, 1.82) is 0 Å². The summed E-state index contributed by atoms with van der Waals surface area (Å²) >= 11 is 0. The zero-order valence-electron chi connectivity index (χ0n) is 27.2. The minimum Gasteiger partial charge on any atom is -0.542 e. The molecule has 0 unspecified atom stereocenters. The maximum atomic E-state index is 10.5. The second kappa shape index (κ2) is 15.8. The molecule has 4 heterocycles. The number of nitrogens with one attached hydrogen (secondary N) is 2. The number of para-hydroxylation sites is 2. The van der Waals surface area contributed by atoms with Crippen molar-refractivity contribution in [2.24, 2.45) is 0 Å². The SMILES string of the molecule is O=C([O-])C(F)(F)F.O=C([O-])C(F)(F)F.c1cc2cc(c1)CNc1cc[n+](c3ccccc13)Cc1ccc(cc1)C[n+]1ccc(c3ccccc31)NC2. The van der Waals surface area contributed by atoms with Crippen molar-refractivity contribution in [2.75, 3.05) is 10.6 Å². The number of aliphatic carboxylic acids is 2. The minimum atomic E-state index is -5.19. The van der Waals surface area contributed by atoms with Crippen LogP contribution in [0.15, 0.2) is 122 Å². The van der Waals surface area contributed by atoms with Gasteiger partial charge in [-0.1, -0.05) is 72.8 Å². The number of alkyl halides is 6. The molecule has 0 fully saturated rings. The average Bonchev–Trinajstić information content (AvgIpc) is 3.11. The number of pyridine rings is 2. The smallest absolute Gasteiger partial charge is 0.430 e. The van der Waals surface area contributed by atoms with E-state index in [4.69, 9.17) is 19.8 Å². The van der Waals surface area contributed by atoms with Crippen LogP contribution in [-0.2, 0) is 35.8 Å². The second-order valence-corrected chi connectivity index (χ2v) is 11.7. The highest BCUT2D eigenvalue weighted by atomic mass is 19.4. The van der Waals surface area contributed by atoms with Crippen LogP contribution in [0.3, 0.4) is 0 Å². The van der Waals surface area contributed by atoms with Gasteiger partial charge >= 0.3 is 12.4 Å². The van der Waals surface area contributed by atoms with E-state index in [-0.39, 0.29) is 0 Å². The molecule has 0 saturated carbocycles. The fourth-order valence-corrected chi connectivity index (χ4v) is 5.54. The highest BCUT2D eigenvalue weighted by molar-refractivity contribution is 5.89. The van der Waals surface area contributed by atoms with E-state index < -0.39 is 24.3 Å².